The molecular weight excluding hydrogens is 402 g/mol. The Labute approximate surface area is 175 Å². The van der Waals surface area contributed by atoms with E-state index in [-0.39, 0.29) is 54.5 Å². The third-order valence-electron chi connectivity index (χ3n) is 3.97. The molecule has 0 unspecified atom stereocenters. The summed E-state index contributed by atoms with van der Waals surface area (Å²) in [6.07, 6.45) is 0. The molecule has 0 amide bonds. The molecule has 3 heteroatoms. The molecule has 0 saturated carbocycles. The van der Waals surface area contributed by atoms with E-state index in [0.29, 0.717) is 5.75 Å². The van der Waals surface area contributed by atoms with Crippen molar-refractivity contribution < 1.29 is 40.7 Å². The van der Waals surface area contributed by atoms with Gasteiger partial charge in [-0.2, -0.15) is 0 Å². The predicted octanol–water partition coefficient (Wildman–Crippen LogP) is 4.98. The molecule has 4 aromatic carbocycles. The van der Waals surface area contributed by atoms with Gasteiger partial charge >= 0.3 is 0 Å². The Hall–Kier alpha value is -1.01. The molecule has 104 valence electrons. The van der Waals surface area contributed by atoms with Gasteiger partial charge in [0.1, 0.15) is 5.75 Å². The van der Waals surface area contributed by atoms with E-state index in [1.54, 1.807) is 6.07 Å². The van der Waals surface area contributed by atoms with Crippen LogP contribution in [0, 0.1) is 35.6 Å². The number of phenols is 1. The van der Waals surface area contributed by atoms with Gasteiger partial charge in [-0.3, -0.25) is 0 Å². The minimum absolute atomic E-state index is 0. The third-order valence-corrected chi connectivity index (χ3v) is 3.97. The van der Waals surface area contributed by atoms with Crippen LogP contribution in [0.3, 0.4) is 0 Å². The molecule has 0 aliphatic rings. The number of fused-ring (bicyclic) bond motifs is 2. The Morgan fingerprint density at radius 1 is 0.565 bits per heavy atom. The Kier molecular flexibility index (Phi) is 6.14. The van der Waals surface area contributed by atoms with Crippen molar-refractivity contribution in [1.82, 2.24) is 0 Å². The normalized spacial score (nSPS) is 10.1. The van der Waals surface area contributed by atoms with E-state index >= 15 is 0 Å². The zero-order valence-electron chi connectivity index (χ0n) is 13.0. The Balaban J connectivity index is 0.000000960. The van der Waals surface area contributed by atoms with Crippen LogP contribution in [0.25, 0.3) is 32.7 Å². The van der Waals surface area contributed by atoms with Crippen molar-refractivity contribution in [3.63, 3.8) is 0 Å². The maximum Gasteiger partial charge on any atom is 0.124 e. The van der Waals surface area contributed by atoms with E-state index in [2.05, 4.69) is 36.4 Å². The summed E-state index contributed by atoms with van der Waals surface area (Å²) in [4.78, 5) is 0. The summed E-state index contributed by atoms with van der Waals surface area (Å²) in [7, 11) is 0. The van der Waals surface area contributed by atoms with Crippen LogP contribution in [-0.2, 0) is 0 Å². The van der Waals surface area contributed by atoms with Gasteiger partial charge in [-0.15, -0.1) is 0 Å². The van der Waals surface area contributed by atoms with Crippen LogP contribution < -0.4 is 0 Å². The standard InChI is InChI=1S/C20H14O.La.Li/c21-19-13-12-15-7-2-4-10-17(15)20(19)18-11-5-8-14-6-1-3-9-16(14)18;;/h1-13,21H;;. The summed E-state index contributed by atoms with van der Waals surface area (Å²) in [5.74, 6) is 0.324. The second kappa shape index (κ2) is 7.71. The van der Waals surface area contributed by atoms with Crippen molar-refractivity contribution in [2.24, 2.45) is 0 Å². The first-order valence-corrected chi connectivity index (χ1v) is 7.03. The molecule has 0 fully saturated rings. The molecule has 0 aliphatic carbocycles. The summed E-state index contributed by atoms with van der Waals surface area (Å²) in [5, 5.41) is 15.0. The molecule has 0 atom stereocenters. The summed E-state index contributed by atoms with van der Waals surface area (Å²) in [6.45, 7) is 0. The van der Waals surface area contributed by atoms with E-state index in [0.717, 1.165) is 27.3 Å². The summed E-state index contributed by atoms with van der Waals surface area (Å²) in [6, 6.07) is 26.4. The van der Waals surface area contributed by atoms with Gasteiger partial charge < -0.3 is 5.11 Å². The molecule has 0 aliphatic heterocycles. The van der Waals surface area contributed by atoms with Crippen molar-refractivity contribution in [2.75, 3.05) is 0 Å². The van der Waals surface area contributed by atoms with Crippen molar-refractivity contribution >= 4 is 40.4 Å². The van der Waals surface area contributed by atoms with Crippen LogP contribution in [0.15, 0.2) is 78.9 Å². The number of hydrogen-bond acceptors (Lipinski definition) is 1. The van der Waals surface area contributed by atoms with Gasteiger partial charge in [0, 0.05) is 60.0 Å². The Morgan fingerprint density at radius 2 is 1.13 bits per heavy atom. The first kappa shape index (κ1) is 18.3. The number of aromatic hydroxyl groups is 1. The molecule has 4 rings (SSSR count). The molecule has 4 aromatic rings. The third kappa shape index (κ3) is 3.29. The zero-order chi connectivity index (χ0) is 14.2. The van der Waals surface area contributed by atoms with E-state index in [1.807, 2.05) is 36.4 Å². The van der Waals surface area contributed by atoms with Gasteiger partial charge in [-0.1, -0.05) is 72.8 Å². The number of rotatable bonds is 1. The van der Waals surface area contributed by atoms with Gasteiger partial charge in [-0.05, 0) is 33.2 Å². The fraction of sp³-hybridized carbons (Fsp3) is 0. The van der Waals surface area contributed by atoms with Crippen LogP contribution in [0.4, 0.5) is 0 Å². The summed E-state index contributed by atoms with van der Waals surface area (Å²) >= 11 is 0. The van der Waals surface area contributed by atoms with E-state index in [1.165, 1.54) is 5.39 Å². The molecule has 0 spiro atoms. The zero-order valence-corrected chi connectivity index (χ0v) is 16.7. The van der Waals surface area contributed by atoms with Crippen LogP contribution in [0.2, 0.25) is 0 Å². The SMILES string of the molecule is Oc1ccc2ccccc2c1-c1cccc2ccccc12.[La].[Li]. The molecule has 0 aromatic heterocycles. The van der Waals surface area contributed by atoms with Crippen LogP contribution in [0.1, 0.15) is 0 Å². The fourth-order valence-corrected chi connectivity index (χ4v) is 2.99. The summed E-state index contributed by atoms with van der Waals surface area (Å²) in [5.41, 5.74) is 1.98. The average Bonchev–Trinajstić information content (AvgIpc) is 2.54. The van der Waals surface area contributed by atoms with E-state index < -0.39 is 0 Å². The van der Waals surface area contributed by atoms with Gasteiger partial charge in [0.15, 0.2) is 0 Å². The second-order valence-corrected chi connectivity index (χ2v) is 5.21. The number of benzene rings is 4. The molecule has 1 nitrogen and oxygen atoms in total. The number of phenolic OH excluding ortho intramolecular Hbond substituents is 1. The van der Waals surface area contributed by atoms with Gasteiger partial charge in [-0.25, -0.2) is 0 Å². The molecule has 0 bridgehead atoms. The average molecular weight is 416 g/mol. The molecule has 1 N–H and O–H groups in total. The Bertz CT molecular complexity index is 960. The Morgan fingerprint density at radius 3 is 1.87 bits per heavy atom. The first-order chi connectivity index (χ1) is 10.3. The number of hydrogen-bond donors (Lipinski definition) is 1. The smallest absolute Gasteiger partial charge is 0.124 e. The van der Waals surface area contributed by atoms with Crippen molar-refractivity contribution in [3.8, 4) is 16.9 Å². The molecule has 2 radical (unpaired) electrons. The minimum atomic E-state index is 0. The molecule has 0 saturated heterocycles. The second-order valence-electron chi connectivity index (χ2n) is 5.21. The van der Waals surface area contributed by atoms with Gasteiger partial charge in [0.05, 0.1) is 0 Å². The van der Waals surface area contributed by atoms with Crippen LogP contribution in [0.5, 0.6) is 5.75 Å². The van der Waals surface area contributed by atoms with Gasteiger partial charge in [0.2, 0.25) is 0 Å². The van der Waals surface area contributed by atoms with Crippen molar-refractivity contribution in [2.45, 2.75) is 0 Å². The minimum Gasteiger partial charge on any atom is -0.507 e. The van der Waals surface area contributed by atoms with E-state index in [4.69, 9.17) is 0 Å². The van der Waals surface area contributed by atoms with E-state index in [9.17, 15) is 5.11 Å². The molecular formula is C20H14LaLiO. The van der Waals surface area contributed by atoms with Crippen LogP contribution in [-0.4, -0.2) is 24.0 Å². The van der Waals surface area contributed by atoms with Crippen molar-refractivity contribution in [1.29, 1.82) is 0 Å². The quantitative estimate of drug-likeness (QED) is 0.434. The summed E-state index contributed by atoms with van der Waals surface area (Å²) < 4.78 is 0. The predicted molar refractivity (Wildman–Crippen MR) is 94.3 cm³/mol. The maximum absolute atomic E-state index is 10.4. The fourth-order valence-electron chi connectivity index (χ4n) is 2.99. The maximum atomic E-state index is 10.4. The molecule has 23 heavy (non-hydrogen) atoms. The monoisotopic (exact) mass is 416 g/mol. The molecule has 0 heterocycles. The van der Waals surface area contributed by atoms with Crippen LogP contribution >= 0.6 is 0 Å². The largest absolute Gasteiger partial charge is 0.507 e. The van der Waals surface area contributed by atoms with Gasteiger partial charge in [0.25, 0.3) is 0 Å². The topological polar surface area (TPSA) is 20.2 Å². The van der Waals surface area contributed by atoms with Crippen molar-refractivity contribution in [3.05, 3.63) is 78.9 Å². The first-order valence-electron chi connectivity index (χ1n) is 7.03.